The molecule has 0 bridgehead atoms. The number of hydrogen-bond donors (Lipinski definition) is 0. The van der Waals surface area contributed by atoms with E-state index in [0.29, 0.717) is 0 Å². The fraction of sp³-hybridized carbons (Fsp3) is 0.0159. The topological polar surface area (TPSA) is 29.5 Å². The van der Waals surface area contributed by atoms with Gasteiger partial charge in [0.25, 0.3) is 0 Å². The highest BCUT2D eigenvalue weighted by molar-refractivity contribution is 7.26. The van der Waals surface area contributed by atoms with E-state index < -0.39 is 5.41 Å². The Hall–Kier alpha value is -8.44. The fourth-order valence-corrected chi connectivity index (χ4v) is 13.3. The van der Waals surface area contributed by atoms with Gasteiger partial charge in [-0.2, -0.15) is 0 Å². The zero-order valence-electron chi connectivity index (χ0n) is 36.0. The van der Waals surface area contributed by atoms with Crippen molar-refractivity contribution in [1.29, 1.82) is 0 Å². The van der Waals surface area contributed by atoms with Gasteiger partial charge in [-0.05, 0) is 120 Å². The third-order valence-electron chi connectivity index (χ3n) is 14.6. The van der Waals surface area contributed by atoms with E-state index >= 15 is 0 Å². The lowest BCUT2D eigenvalue weighted by molar-refractivity contribution is 0.525. The number of rotatable bonds is 4. The van der Waals surface area contributed by atoms with E-state index in [1.165, 1.54) is 97.0 Å². The fourth-order valence-electron chi connectivity index (χ4n) is 12.0. The van der Waals surface area contributed by atoms with Gasteiger partial charge in [-0.25, -0.2) is 0 Å². The van der Waals surface area contributed by atoms with E-state index in [4.69, 9.17) is 8.83 Å². The van der Waals surface area contributed by atoms with Gasteiger partial charge in [0.1, 0.15) is 0 Å². The van der Waals surface area contributed by atoms with Crippen LogP contribution in [0.2, 0.25) is 0 Å². The van der Waals surface area contributed by atoms with Crippen LogP contribution in [0.15, 0.2) is 234 Å². The van der Waals surface area contributed by atoms with Gasteiger partial charge in [-0.15, -0.1) is 11.3 Å². The average Bonchev–Trinajstić information content (AvgIpc) is 4.20. The first kappa shape index (κ1) is 36.9. The third-order valence-corrected chi connectivity index (χ3v) is 15.8. The Morgan fingerprint density at radius 3 is 1.69 bits per heavy atom. The highest BCUT2D eigenvalue weighted by atomic mass is 32.1. The molecule has 0 fully saturated rings. The minimum Gasteiger partial charge on any atom is -0.461 e. The summed E-state index contributed by atoms with van der Waals surface area (Å²) >= 11 is 1.88. The summed E-state index contributed by atoms with van der Waals surface area (Å²) < 4.78 is 15.2. The zero-order valence-corrected chi connectivity index (χ0v) is 36.9. The molecule has 0 unspecified atom stereocenters. The first-order valence-corrected chi connectivity index (χ1v) is 23.7. The van der Waals surface area contributed by atoms with Crippen LogP contribution in [-0.4, -0.2) is 0 Å². The van der Waals surface area contributed by atoms with Crippen LogP contribution in [0.25, 0.3) is 97.4 Å². The largest absolute Gasteiger partial charge is 0.461 e. The number of nitrogens with zero attached hydrogens (tertiary/aromatic N) is 1. The lowest BCUT2D eigenvalue weighted by atomic mass is 9.65. The molecule has 10 aromatic carbocycles. The van der Waals surface area contributed by atoms with Gasteiger partial charge < -0.3 is 13.7 Å². The number of hydrogen-bond acceptors (Lipinski definition) is 4. The van der Waals surface area contributed by atoms with Crippen molar-refractivity contribution in [2.45, 2.75) is 5.41 Å². The van der Waals surface area contributed by atoms with Crippen LogP contribution in [0.3, 0.4) is 0 Å². The van der Waals surface area contributed by atoms with E-state index in [0.717, 1.165) is 39.7 Å². The van der Waals surface area contributed by atoms with Crippen molar-refractivity contribution >= 4 is 80.9 Å². The molecule has 0 N–H and O–H groups in total. The van der Waals surface area contributed by atoms with Crippen LogP contribution < -0.4 is 4.90 Å². The van der Waals surface area contributed by atoms with Gasteiger partial charge in [-0.3, -0.25) is 0 Å². The second kappa shape index (κ2) is 13.8. The van der Waals surface area contributed by atoms with Crippen molar-refractivity contribution < 1.29 is 8.83 Å². The monoisotopic (exact) mass is 871 g/mol. The number of furan rings is 2. The molecule has 0 saturated heterocycles. The summed E-state index contributed by atoms with van der Waals surface area (Å²) in [6.45, 7) is 0. The van der Waals surface area contributed by atoms with E-state index in [1.807, 2.05) is 23.9 Å². The highest BCUT2D eigenvalue weighted by Crippen LogP contribution is 2.66. The Morgan fingerprint density at radius 1 is 0.388 bits per heavy atom. The van der Waals surface area contributed by atoms with Crippen LogP contribution >= 0.6 is 11.3 Å². The third kappa shape index (κ3) is 4.94. The Balaban J connectivity index is 0.967. The summed E-state index contributed by atoms with van der Waals surface area (Å²) in [5.74, 6) is 1.61. The number of thiophene rings is 1. The Labute approximate surface area is 390 Å². The first-order chi connectivity index (χ1) is 33.3. The summed E-state index contributed by atoms with van der Waals surface area (Å²) in [6, 6.07) is 78.3. The maximum Gasteiger partial charge on any atom is 0.174 e. The highest BCUT2D eigenvalue weighted by Gasteiger charge is 2.55. The molecular formula is C63H37NO2S. The van der Waals surface area contributed by atoms with E-state index in [2.05, 4.69) is 217 Å². The molecule has 1 aliphatic carbocycles. The molecule has 0 radical (unpaired) electrons. The average molecular weight is 872 g/mol. The quantitative estimate of drug-likeness (QED) is 0.165. The lowest BCUT2D eigenvalue weighted by Gasteiger charge is -2.44. The molecule has 3 aromatic heterocycles. The van der Waals surface area contributed by atoms with Crippen LogP contribution in [0.4, 0.5) is 17.1 Å². The number of para-hydroxylation sites is 1. The molecule has 1 aliphatic heterocycles. The summed E-state index contributed by atoms with van der Waals surface area (Å²) in [5.41, 5.74) is 14.7. The van der Waals surface area contributed by atoms with Crippen LogP contribution in [0, 0.1) is 0 Å². The number of benzene rings is 10. The minimum atomic E-state index is -0.655. The van der Waals surface area contributed by atoms with Gasteiger partial charge in [0.2, 0.25) is 0 Å². The normalized spacial score (nSPS) is 13.5. The van der Waals surface area contributed by atoms with Crippen molar-refractivity contribution in [2.75, 3.05) is 4.90 Å². The Bertz CT molecular complexity index is 4100. The molecule has 4 heteroatoms. The van der Waals surface area contributed by atoms with Crippen molar-refractivity contribution in [3.8, 4) is 44.9 Å². The molecule has 13 aromatic rings. The maximum atomic E-state index is 6.31. The van der Waals surface area contributed by atoms with E-state index in [-0.39, 0.29) is 0 Å². The molecule has 4 heterocycles. The van der Waals surface area contributed by atoms with Crippen LogP contribution in [-0.2, 0) is 5.41 Å². The van der Waals surface area contributed by atoms with Gasteiger partial charge in [0.15, 0.2) is 11.5 Å². The summed E-state index contributed by atoms with van der Waals surface area (Å²) in [4.78, 5) is 2.50. The van der Waals surface area contributed by atoms with Gasteiger partial charge in [0.05, 0.1) is 29.3 Å². The molecule has 15 rings (SSSR count). The molecule has 67 heavy (non-hydrogen) atoms. The van der Waals surface area contributed by atoms with Gasteiger partial charge in [-0.1, -0.05) is 164 Å². The number of fused-ring (bicyclic) bond motifs is 16. The van der Waals surface area contributed by atoms with Crippen LogP contribution in [0.1, 0.15) is 22.3 Å². The van der Waals surface area contributed by atoms with Crippen molar-refractivity contribution in [1.82, 2.24) is 0 Å². The van der Waals surface area contributed by atoms with Crippen molar-refractivity contribution in [2.24, 2.45) is 0 Å². The maximum absolute atomic E-state index is 6.31. The summed E-state index contributed by atoms with van der Waals surface area (Å²) in [7, 11) is 0. The number of anilines is 3. The second-order valence-corrected chi connectivity index (χ2v) is 18.9. The van der Waals surface area contributed by atoms with Gasteiger partial charge >= 0.3 is 0 Å². The van der Waals surface area contributed by atoms with E-state index in [9.17, 15) is 0 Å². The minimum absolute atomic E-state index is 0.655. The smallest absolute Gasteiger partial charge is 0.174 e. The van der Waals surface area contributed by atoms with Gasteiger partial charge in [0, 0.05) is 42.6 Å². The predicted molar refractivity (Wildman–Crippen MR) is 278 cm³/mol. The zero-order chi connectivity index (χ0) is 43.8. The standard InChI is InChI=1S/C63H37NO2S/c1-2-20-43-38(14-1)15-13-26-44(43)39-16-11-17-40(36-39)57-46-22-3-5-24-48(46)58(49-25-6-4-23-47(49)57)41-18-12-19-42(37-41)64-54-28-9-8-27-51(54)63(52-32-34-65-60(52)61-53(63)33-35-66-61)59-55(64)31-30-50-45-21-7-10-29-56(45)67-62(50)59/h1-37H. The SMILES string of the molecule is c1cc(-c2cccc3ccccc23)cc(-c2c3ccccc3c(-c3cccc(N4c5ccccc5C5(c6ccoc6-c6occc65)c5c4ccc4c5sc5ccccc54)c3)c3ccccc23)c1. The molecular weight excluding hydrogens is 835 g/mol. The Kier molecular flexibility index (Phi) is 7.58. The molecule has 0 amide bonds. The summed E-state index contributed by atoms with van der Waals surface area (Å²) in [6.07, 6.45) is 3.64. The lowest BCUT2D eigenvalue weighted by Crippen LogP contribution is -2.36. The van der Waals surface area contributed by atoms with E-state index in [1.54, 1.807) is 0 Å². The molecule has 2 aliphatic rings. The predicted octanol–water partition coefficient (Wildman–Crippen LogP) is 17.8. The van der Waals surface area contributed by atoms with Crippen molar-refractivity contribution in [3.05, 3.63) is 247 Å². The second-order valence-electron chi connectivity index (χ2n) is 17.9. The molecule has 1 spiro atoms. The van der Waals surface area contributed by atoms with Crippen LogP contribution in [0.5, 0.6) is 0 Å². The first-order valence-electron chi connectivity index (χ1n) is 22.9. The molecule has 312 valence electrons. The van der Waals surface area contributed by atoms with Crippen molar-refractivity contribution in [3.63, 3.8) is 0 Å². The Morgan fingerprint density at radius 2 is 0.955 bits per heavy atom. The summed E-state index contributed by atoms with van der Waals surface area (Å²) in [5, 5.41) is 9.94. The molecule has 0 atom stereocenters. The molecule has 0 saturated carbocycles. The molecule has 3 nitrogen and oxygen atoms in total.